The number of amides is 3. The number of hydrogen-bond acceptors (Lipinski definition) is 3. The van der Waals surface area contributed by atoms with Gasteiger partial charge in [0.05, 0.1) is 0 Å². The van der Waals surface area contributed by atoms with Gasteiger partial charge in [-0.3, -0.25) is 25.2 Å². The molecule has 0 aliphatic carbocycles. The van der Waals surface area contributed by atoms with Crippen molar-refractivity contribution in [2.45, 2.75) is 12.8 Å². The Labute approximate surface area is 75.2 Å². The Morgan fingerprint density at radius 1 is 1.62 bits per heavy atom. The van der Waals surface area contributed by atoms with Gasteiger partial charge in [-0.2, -0.15) is 0 Å². The average Bonchev–Trinajstić information content (AvgIpc) is 2.48. The number of hydrazine groups is 1. The van der Waals surface area contributed by atoms with Crippen LogP contribution in [-0.4, -0.2) is 36.2 Å². The maximum Gasteiger partial charge on any atom is 0.257 e. The molecule has 0 spiro atoms. The lowest BCUT2D eigenvalue weighted by Crippen LogP contribution is -2.43. The number of carbonyl (C=O) groups is 3. The van der Waals surface area contributed by atoms with Crippen molar-refractivity contribution in [3.63, 3.8) is 0 Å². The topological polar surface area (TPSA) is 78.5 Å². The van der Waals surface area contributed by atoms with Crippen LogP contribution in [0.2, 0.25) is 0 Å². The highest BCUT2D eigenvalue weighted by molar-refractivity contribution is 5.86. The first-order valence-corrected chi connectivity index (χ1v) is 4.00. The molecule has 1 rings (SSSR count). The molecule has 13 heavy (non-hydrogen) atoms. The molecule has 0 aromatic carbocycles. The van der Waals surface area contributed by atoms with Gasteiger partial charge in [0.1, 0.15) is 6.54 Å². The summed E-state index contributed by atoms with van der Waals surface area (Å²) in [4.78, 5) is 33.3. The summed E-state index contributed by atoms with van der Waals surface area (Å²) in [6.07, 6.45) is 1.67. The zero-order chi connectivity index (χ0) is 9.68. The summed E-state index contributed by atoms with van der Waals surface area (Å²) < 4.78 is 0. The number of rotatable bonds is 4. The zero-order valence-electron chi connectivity index (χ0n) is 7.08. The smallest absolute Gasteiger partial charge is 0.257 e. The summed E-state index contributed by atoms with van der Waals surface area (Å²) in [6, 6.07) is 0. The van der Waals surface area contributed by atoms with E-state index in [0.717, 1.165) is 6.42 Å². The standard InChI is InChI=1S/C7H11N3O3/c11-5-8-9-6(12)4-10-3-1-2-7(10)13/h5H,1-4H2,(H,8,11)(H,9,12). The van der Waals surface area contributed by atoms with Gasteiger partial charge in [-0.15, -0.1) is 0 Å². The first-order chi connectivity index (χ1) is 6.24. The molecule has 2 N–H and O–H groups in total. The lowest BCUT2D eigenvalue weighted by molar-refractivity contribution is -0.133. The second kappa shape index (κ2) is 4.44. The van der Waals surface area contributed by atoms with E-state index in [0.29, 0.717) is 19.4 Å². The van der Waals surface area contributed by atoms with Crippen LogP contribution in [0.1, 0.15) is 12.8 Å². The number of hydrogen-bond donors (Lipinski definition) is 2. The van der Waals surface area contributed by atoms with Crippen molar-refractivity contribution in [3.8, 4) is 0 Å². The van der Waals surface area contributed by atoms with Crippen molar-refractivity contribution >= 4 is 18.2 Å². The lowest BCUT2D eigenvalue weighted by Gasteiger charge is -2.13. The molecular formula is C7H11N3O3. The quantitative estimate of drug-likeness (QED) is 0.408. The van der Waals surface area contributed by atoms with Crippen LogP contribution in [0.3, 0.4) is 0 Å². The van der Waals surface area contributed by atoms with E-state index in [-0.39, 0.29) is 18.4 Å². The van der Waals surface area contributed by atoms with Crippen molar-refractivity contribution < 1.29 is 14.4 Å². The Kier molecular flexibility index (Phi) is 3.24. The Balaban J connectivity index is 2.26. The third-order valence-corrected chi connectivity index (χ3v) is 1.78. The van der Waals surface area contributed by atoms with Gasteiger partial charge in [-0.25, -0.2) is 0 Å². The molecule has 3 amide bonds. The molecule has 0 radical (unpaired) electrons. The summed E-state index contributed by atoms with van der Waals surface area (Å²) in [7, 11) is 0. The van der Waals surface area contributed by atoms with Crippen molar-refractivity contribution in [3.05, 3.63) is 0 Å². The van der Waals surface area contributed by atoms with Gasteiger partial charge in [0.15, 0.2) is 0 Å². The minimum Gasteiger partial charge on any atom is -0.333 e. The van der Waals surface area contributed by atoms with Crippen LogP contribution in [0.25, 0.3) is 0 Å². The number of likely N-dealkylation sites (tertiary alicyclic amines) is 1. The Bertz CT molecular complexity index is 229. The van der Waals surface area contributed by atoms with Crippen LogP contribution >= 0.6 is 0 Å². The van der Waals surface area contributed by atoms with Crippen LogP contribution in [0.15, 0.2) is 0 Å². The van der Waals surface area contributed by atoms with Crippen LogP contribution in [0.4, 0.5) is 0 Å². The van der Waals surface area contributed by atoms with Gasteiger partial charge in [0, 0.05) is 13.0 Å². The first-order valence-electron chi connectivity index (χ1n) is 4.00. The van der Waals surface area contributed by atoms with Gasteiger partial charge in [0.2, 0.25) is 12.3 Å². The molecule has 1 fully saturated rings. The monoisotopic (exact) mass is 185 g/mol. The molecule has 0 unspecified atom stereocenters. The molecule has 6 nitrogen and oxygen atoms in total. The number of nitrogens with one attached hydrogen (secondary N) is 2. The van der Waals surface area contributed by atoms with Gasteiger partial charge in [-0.1, -0.05) is 0 Å². The summed E-state index contributed by atoms with van der Waals surface area (Å²) in [5.74, 6) is -0.399. The van der Waals surface area contributed by atoms with E-state index in [2.05, 4.69) is 5.43 Å². The molecule has 0 aromatic rings. The van der Waals surface area contributed by atoms with Crippen LogP contribution in [0.5, 0.6) is 0 Å². The maximum absolute atomic E-state index is 11.0. The van der Waals surface area contributed by atoms with Crippen LogP contribution in [0, 0.1) is 0 Å². The van der Waals surface area contributed by atoms with Gasteiger partial charge < -0.3 is 4.90 Å². The predicted molar refractivity (Wildman–Crippen MR) is 43.2 cm³/mol. The third-order valence-electron chi connectivity index (χ3n) is 1.78. The normalized spacial score (nSPS) is 15.7. The molecule has 1 aliphatic rings. The van der Waals surface area contributed by atoms with E-state index in [1.165, 1.54) is 4.90 Å². The Hall–Kier alpha value is -1.59. The molecule has 6 heteroatoms. The zero-order valence-corrected chi connectivity index (χ0v) is 7.08. The van der Waals surface area contributed by atoms with Gasteiger partial charge in [-0.05, 0) is 6.42 Å². The highest BCUT2D eigenvalue weighted by atomic mass is 16.2. The second-order valence-electron chi connectivity index (χ2n) is 2.73. The minimum atomic E-state index is -0.387. The second-order valence-corrected chi connectivity index (χ2v) is 2.73. The van der Waals surface area contributed by atoms with Crippen molar-refractivity contribution in [2.24, 2.45) is 0 Å². The summed E-state index contributed by atoms with van der Waals surface area (Å²) in [5, 5.41) is 0. The number of carbonyl (C=O) groups excluding carboxylic acids is 3. The molecule has 72 valence electrons. The molecule has 0 saturated carbocycles. The SMILES string of the molecule is O=CNNC(=O)CN1CCCC1=O. The van der Waals surface area contributed by atoms with E-state index in [4.69, 9.17) is 0 Å². The minimum absolute atomic E-state index is 0.0127. The van der Waals surface area contributed by atoms with E-state index >= 15 is 0 Å². The molecular weight excluding hydrogens is 174 g/mol. The third kappa shape index (κ3) is 2.73. The largest absolute Gasteiger partial charge is 0.333 e. The molecule has 1 aliphatic heterocycles. The Morgan fingerprint density at radius 3 is 2.92 bits per heavy atom. The highest BCUT2D eigenvalue weighted by Crippen LogP contribution is 2.07. The predicted octanol–water partition coefficient (Wildman–Crippen LogP) is -1.61. The van der Waals surface area contributed by atoms with E-state index in [9.17, 15) is 14.4 Å². The van der Waals surface area contributed by atoms with Crippen molar-refractivity contribution in [2.75, 3.05) is 13.1 Å². The summed E-state index contributed by atoms with van der Waals surface area (Å²) >= 11 is 0. The molecule has 0 atom stereocenters. The van der Waals surface area contributed by atoms with Crippen molar-refractivity contribution in [1.29, 1.82) is 0 Å². The Morgan fingerprint density at radius 2 is 2.38 bits per heavy atom. The fourth-order valence-corrected chi connectivity index (χ4v) is 1.19. The fourth-order valence-electron chi connectivity index (χ4n) is 1.19. The fraction of sp³-hybridized carbons (Fsp3) is 0.571. The summed E-state index contributed by atoms with van der Waals surface area (Å²) in [5.41, 5.74) is 4.15. The maximum atomic E-state index is 11.0. The van der Waals surface area contributed by atoms with E-state index < -0.39 is 0 Å². The molecule has 1 saturated heterocycles. The van der Waals surface area contributed by atoms with Gasteiger partial charge >= 0.3 is 0 Å². The molecule has 1 heterocycles. The van der Waals surface area contributed by atoms with Crippen LogP contribution < -0.4 is 10.9 Å². The number of nitrogens with zero attached hydrogens (tertiary/aromatic N) is 1. The van der Waals surface area contributed by atoms with E-state index in [1.807, 2.05) is 5.43 Å². The first kappa shape index (κ1) is 9.50. The van der Waals surface area contributed by atoms with E-state index in [1.54, 1.807) is 0 Å². The lowest BCUT2D eigenvalue weighted by atomic mass is 10.4. The molecule has 0 bridgehead atoms. The van der Waals surface area contributed by atoms with Crippen molar-refractivity contribution in [1.82, 2.24) is 15.8 Å². The van der Waals surface area contributed by atoms with Crippen LogP contribution in [-0.2, 0) is 14.4 Å². The summed E-state index contributed by atoms with van der Waals surface area (Å²) in [6.45, 7) is 0.632. The van der Waals surface area contributed by atoms with Gasteiger partial charge in [0.25, 0.3) is 5.91 Å². The highest BCUT2D eigenvalue weighted by Gasteiger charge is 2.21. The molecule has 0 aromatic heterocycles. The average molecular weight is 185 g/mol.